The van der Waals surface area contributed by atoms with Crippen molar-refractivity contribution in [1.29, 1.82) is 0 Å². The molecule has 0 bridgehead atoms. The molecule has 0 aromatic rings. The van der Waals surface area contributed by atoms with Gasteiger partial charge in [-0.05, 0) is 38.4 Å². The Hall–Kier alpha value is 0.270. The van der Waals surface area contributed by atoms with Gasteiger partial charge >= 0.3 is 0 Å². The highest BCUT2D eigenvalue weighted by atomic mass is 32.2. The molecule has 0 spiro atoms. The molecule has 2 atom stereocenters. The number of nitrogens with one attached hydrogen (secondary N) is 1. The fourth-order valence-electron chi connectivity index (χ4n) is 1.76. The zero-order chi connectivity index (χ0) is 9.52. The molecule has 2 N–H and O–H groups in total. The quantitative estimate of drug-likeness (QED) is 0.712. The predicted molar refractivity (Wildman–Crippen MR) is 59.3 cm³/mol. The minimum Gasteiger partial charge on any atom is -0.396 e. The highest BCUT2D eigenvalue weighted by Gasteiger charge is 2.15. The Labute approximate surface area is 85.5 Å². The number of aliphatic hydroxyl groups excluding tert-OH is 1. The van der Waals surface area contributed by atoms with Crippen molar-refractivity contribution in [2.45, 2.75) is 44.7 Å². The Morgan fingerprint density at radius 2 is 2.46 bits per heavy atom. The van der Waals surface area contributed by atoms with Crippen LogP contribution in [0.3, 0.4) is 0 Å². The van der Waals surface area contributed by atoms with Crippen molar-refractivity contribution in [1.82, 2.24) is 5.32 Å². The molecule has 1 aliphatic rings. The van der Waals surface area contributed by atoms with Crippen LogP contribution < -0.4 is 5.32 Å². The van der Waals surface area contributed by atoms with Crippen molar-refractivity contribution in [2.75, 3.05) is 18.1 Å². The molecule has 2 nitrogen and oxygen atoms in total. The number of hydrogen-bond donors (Lipinski definition) is 2. The van der Waals surface area contributed by atoms with Crippen molar-refractivity contribution in [2.24, 2.45) is 0 Å². The Morgan fingerprint density at radius 1 is 1.62 bits per heavy atom. The van der Waals surface area contributed by atoms with E-state index in [0.29, 0.717) is 18.7 Å². The van der Waals surface area contributed by atoms with Crippen molar-refractivity contribution >= 4 is 11.8 Å². The maximum Gasteiger partial charge on any atom is 0.0431 e. The summed E-state index contributed by atoms with van der Waals surface area (Å²) >= 11 is 2.06. The van der Waals surface area contributed by atoms with Crippen LogP contribution in [-0.2, 0) is 0 Å². The predicted octanol–water partition coefficient (Wildman–Crippen LogP) is 1.63. The molecule has 0 aliphatic carbocycles. The SMILES string of the molecule is CC(CCCO)NC1CCCSC1. The van der Waals surface area contributed by atoms with Crippen LogP contribution in [0.1, 0.15) is 32.6 Å². The van der Waals surface area contributed by atoms with Gasteiger partial charge in [0.1, 0.15) is 0 Å². The molecule has 0 aromatic carbocycles. The van der Waals surface area contributed by atoms with Crippen LogP contribution in [0, 0.1) is 0 Å². The molecule has 1 rings (SSSR count). The second kappa shape index (κ2) is 6.68. The molecule has 1 saturated heterocycles. The number of rotatable bonds is 5. The van der Waals surface area contributed by atoms with Crippen LogP contribution in [0.15, 0.2) is 0 Å². The molecule has 1 fully saturated rings. The number of thioether (sulfide) groups is 1. The van der Waals surface area contributed by atoms with Crippen LogP contribution >= 0.6 is 11.8 Å². The van der Waals surface area contributed by atoms with Crippen molar-refractivity contribution in [3.63, 3.8) is 0 Å². The van der Waals surface area contributed by atoms with Crippen molar-refractivity contribution in [3.05, 3.63) is 0 Å². The molecule has 0 saturated carbocycles. The lowest BCUT2D eigenvalue weighted by Crippen LogP contribution is -2.39. The summed E-state index contributed by atoms with van der Waals surface area (Å²) in [5.74, 6) is 2.60. The summed E-state index contributed by atoms with van der Waals surface area (Å²) in [6.07, 6.45) is 4.71. The van der Waals surface area contributed by atoms with Gasteiger partial charge in [-0.2, -0.15) is 11.8 Å². The standard InChI is InChI=1S/C10H21NOS/c1-9(4-2-6-12)11-10-5-3-7-13-8-10/h9-12H,2-8H2,1H3. The van der Waals surface area contributed by atoms with Gasteiger partial charge in [0, 0.05) is 24.4 Å². The van der Waals surface area contributed by atoms with E-state index >= 15 is 0 Å². The summed E-state index contributed by atoms with van der Waals surface area (Å²) in [5.41, 5.74) is 0. The fraction of sp³-hybridized carbons (Fsp3) is 1.00. The monoisotopic (exact) mass is 203 g/mol. The maximum atomic E-state index is 8.69. The van der Waals surface area contributed by atoms with Gasteiger partial charge in [-0.1, -0.05) is 0 Å². The zero-order valence-electron chi connectivity index (χ0n) is 8.46. The third kappa shape index (κ3) is 4.89. The summed E-state index contributed by atoms with van der Waals surface area (Å²) < 4.78 is 0. The van der Waals surface area contributed by atoms with E-state index in [1.54, 1.807) is 0 Å². The van der Waals surface area contributed by atoms with Gasteiger partial charge in [-0.3, -0.25) is 0 Å². The first kappa shape index (κ1) is 11.3. The lowest BCUT2D eigenvalue weighted by atomic mass is 10.1. The highest BCUT2D eigenvalue weighted by molar-refractivity contribution is 7.99. The Kier molecular flexibility index (Phi) is 5.83. The average molecular weight is 203 g/mol. The van der Waals surface area contributed by atoms with E-state index in [9.17, 15) is 0 Å². The fourth-order valence-corrected chi connectivity index (χ4v) is 2.84. The third-order valence-electron chi connectivity index (χ3n) is 2.48. The number of aliphatic hydroxyl groups is 1. The second-order valence-electron chi connectivity index (χ2n) is 3.85. The van der Waals surface area contributed by atoms with E-state index in [-0.39, 0.29) is 0 Å². The smallest absolute Gasteiger partial charge is 0.0431 e. The van der Waals surface area contributed by atoms with Gasteiger partial charge in [0.15, 0.2) is 0 Å². The van der Waals surface area contributed by atoms with Gasteiger partial charge in [0.25, 0.3) is 0 Å². The summed E-state index contributed by atoms with van der Waals surface area (Å²) in [5, 5.41) is 12.3. The van der Waals surface area contributed by atoms with Crippen LogP contribution in [-0.4, -0.2) is 35.3 Å². The minimum absolute atomic E-state index is 0.325. The lowest BCUT2D eigenvalue weighted by molar-refractivity contribution is 0.273. The van der Waals surface area contributed by atoms with Gasteiger partial charge in [-0.25, -0.2) is 0 Å². The van der Waals surface area contributed by atoms with Gasteiger partial charge < -0.3 is 10.4 Å². The molecular formula is C10H21NOS. The first-order valence-corrected chi connectivity index (χ1v) is 6.43. The molecule has 13 heavy (non-hydrogen) atoms. The molecule has 78 valence electrons. The van der Waals surface area contributed by atoms with Crippen LogP contribution in [0.25, 0.3) is 0 Å². The molecule has 2 unspecified atom stereocenters. The first-order valence-electron chi connectivity index (χ1n) is 5.27. The average Bonchev–Trinajstić information content (AvgIpc) is 2.16. The highest BCUT2D eigenvalue weighted by Crippen LogP contribution is 2.17. The zero-order valence-corrected chi connectivity index (χ0v) is 9.28. The Morgan fingerprint density at radius 3 is 3.08 bits per heavy atom. The van der Waals surface area contributed by atoms with E-state index in [2.05, 4.69) is 24.0 Å². The Bertz CT molecular complexity index is 126. The third-order valence-corrected chi connectivity index (χ3v) is 3.69. The molecule has 0 aromatic heterocycles. The lowest BCUT2D eigenvalue weighted by Gasteiger charge is -2.26. The summed E-state index contributed by atoms with van der Waals surface area (Å²) in [7, 11) is 0. The van der Waals surface area contributed by atoms with Crippen LogP contribution in [0.5, 0.6) is 0 Å². The molecule has 1 heterocycles. The van der Waals surface area contributed by atoms with Gasteiger partial charge in [-0.15, -0.1) is 0 Å². The molecular weight excluding hydrogens is 182 g/mol. The van der Waals surface area contributed by atoms with E-state index in [4.69, 9.17) is 5.11 Å². The molecule has 1 aliphatic heterocycles. The maximum absolute atomic E-state index is 8.69. The molecule has 0 amide bonds. The van der Waals surface area contributed by atoms with E-state index < -0.39 is 0 Å². The van der Waals surface area contributed by atoms with E-state index in [0.717, 1.165) is 12.8 Å². The summed E-state index contributed by atoms with van der Waals surface area (Å²) in [6.45, 7) is 2.54. The minimum atomic E-state index is 0.325. The topological polar surface area (TPSA) is 32.3 Å². The van der Waals surface area contributed by atoms with Crippen molar-refractivity contribution in [3.8, 4) is 0 Å². The second-order valence-corrected chi connectivity index (χ2v) is 5.00. The normalized spacial score (nSPS) is 25.8. The summed E-state index contributed by atoms with van der Waals surface area (Å²) in [4.78, 5) is 0. The van der Waals surface area contributed by atoms with Crippen LogP contribution in [0.2, 0.25) is 0 Å². The summed E-state index contributed by atoms with van der Waals surface area (Å²) in [6, 6.07) is 1.28. The van der Waals surface area contributed by atoms with E-state index in [1.807, 2.05) is 0 Å². The van der Waals surface area contributed by atoms with E-state index in [1.165, 1.54) is 24.3 Å². The largest absolute Gasteiger partial charge is 0.396 e. The number of hydrogen-bond acceptors (Lipinski definition) is 3. The van der Waals surface area contributed by atoms with Gasteiger partial charge in [0.05, 0.1) is 0 Å². The molecule has 3 heteroatoms. The Balaban J connectivity index is 2.07. The van der Waals surface area contributed by atoms with Crippen LogP contribution in [0.4, 0.5) is 0 Å². The molecule has 0 radical (unpaired) electrons. The van der Waals surface area contributed by atoms with Crippen molar-refractivity contribution < 1.29 is 5.11 Å². The first-order chi connectivity index (χ1) is 6.33. The van der Waals surface area contributed by atoms with Gasteiger partial charge in [0.2, 0.25) is 0 Å².